The molecule has 0 saturated heterocycles. The minimum absolute atomic E-state index is 1.03. The predicted molar refractivity (Wildman–Crippen MR) is 167 cm³/mol. The first-order chi connectivity index (χ1) is 19.2. The van der Waals surface area contributed by atoms with Crippen molar-refractivity contribution in [3.63, 3.8) is 0 Å². The SMILES string of the molecule is C=CC1=C(C)CCN1C1=CC=C(c2ccc(C3=CC=C(n4c5ccccc5c5ccccc54)CC3)cc2)CC1. The van der Waals surface area contributed by atoms with Crippen LogP contribution in [-0.2, 0) is 0 Å². The topological polar surface area (TPSA) is 8.17 Å². The van der Waals surface area contributed by atoms with Gasteiger partial charge in [0.2, 0.25) is 0 Å². The lowest BCUT2D eigenvalue weighted by molar-refractivity contribution is 0.458. The summed E-state index contributed by atoms with van der Waals surface area (Å²) in [6, 6.07) is 26.8. The number of nitrogens with zero attached hydrogens (tertiary/aromatic N) is 2. The lowest BCUT2D eigenvalue weighted by Gasteiger charge is -2.26. The van der Waals surface area contributed by atoms with Gasteiger partial charge in [0, 0.05) is 34.4 Å². The predicted octanol–water partition coefficient (Wildman–Crippen LogP) is 9.74. The summed E-state index contributed by atoms with van der Waals surface area (Å²) >= 11 is 0. The van der Waals surface area contributed by atoms with Crippen LogP contribution in [0.1, 0.15) is 50.2 Å². The van der Waals surface area contributed by atoms with Gasteiger partial charge >= 0.3 is 0 Å². The second-order valence-electron chi connectivity index (χ2n) is 10.9. The number of rotatable bonds is 5. The summed E-state index contributed by atoms with van der Waals surface area (Å²) in [4.78, 5) is 2.45. The first-order valence-corrected chi connectivity index (χ1v) is 14.2. The van der Waals surface area contributed by atoms with E-state index < -0.39 is 0 Å². The molecule has 0 bridgehead atoms. The van der Waals surface area contributed by atoms with Gasteiger partial charge in [-0.05, 0) is 97.2 Å². The maximum Gasteiger partial charge on any atom is 0.0537 e. The van der Waals surface area contributed by atoms with Crippen molar-refractivity contribution in [3.05, 3.63) is 138 Å². The Balaban J connectivity index is 1.13. The van der Waals surface area contributed by atoms with Gasteiger partial charge in [-0.25, -0.2) is 0 Å². The molecule has 0 fully saturated rings. The smallest absolute Gasteiger partial charge is 0.0537 e. The fourth-order valence-corrected chi connectivity index (χ4v) is 6.62. The highest BCUT2D eigenvalue weighted by atomic mass is 15.2. The fourth-order valence-electron chi connectivity index (χ4n) is 6.62. The highest BCUT2D eigenvalue weighted by Gasteiger charge is 2.22. The van der Waals surface area contributed by atoms with E-state index in [2.05, 4.69) is 120 Å². The molecule has 192 valence electrons. The minimum Gasteiger partial charge on any atom is -0.345 e. The van der Waals surface area contributed by atoms with E-state index in [9.17, 15) is 0 Å². The molecule has 2 heteroatoms. The number of fused-ring (bicyclic) bond motifs is 3. The zero-order chi connectivity index (χ0) is 26.3. The summed E-state index contributed by atoms with van der Waals surface area (Å²) in [6.07, 6.45) is 16.7. The molecule has 1 aromatic heterocycles. The highest BCUT2D eigenvalue weighted by molar-refractivity contribution is 6.10. The first-order valence-electron chi connectivity index (χ1n) is 14.2. The Hall–Kier alpha value is -4.30. The van der Waals surface area contributed by atoms with Crippen LogP contribution in [-0.4, -0.2) is 16.0 Å². The van der Waals surface area contributed by atoms with Gasteiger partial charge in [-0.15, -0.1) is 0 Å². The molecule has 39 heavy (non-hydrogen) atoms. The second kappa shape index (κ2) is 9.78. The molecule has 0 amide bonds. The summed E-state index contributed by atoms with van der Waals surface area (Å²) in [5.41, 5.74) is 13.6. The zero-order valence-corrected chi connectivity index (χ0v) is 22.7. The molecular weight excluding hydrogens is 472 g/mol. The Morgan fingerprint density at radius 2 is 1.15 bits per heavy atom. The average molecular weight is 507 g/mol. The highest BCUT2D eigenvalue weighted by Crippen LogP contribution is 2.37. The van der Waals surface area contributed by atoms with Gasteiger partial charge in [0.05, 0.1) is 11.0 Å². The van der Waals surface area contributed by atoms with Crippen LogP contribution >= 0.6 is 0 Å². The number of hydrogen-bond donors (Lipinski definition) is 0. The Bertz CT molecular complexity index is 1710. The lowest BCUT2D eigenvalue weighted by Crippen LogP contribution is -2.19. The van der Waals surface area contributed by atoms with Gasteiger partial charge in [0.1, 0.15) is 0 Å². The largest absolute Gasteiger partial charge is 0.345 e. The van der Waals surface area contributed by atoms with E-state index in [0.29, 0.717) is 0 Å². The average Bonchev–Trinajstić information content (AvgIpc) is 3.55. The van der Waals surface area contributed by atoms with Crippen LogP contribution in [0.25, 0.3) is 38.6 Å². The molecule has 0 N–H and O–H groups in total. The Morgan fingerprint density at radius 1 is 0.615 bits per heavy atom. The van der Waals surface area contributed by atoms with Crippen LogP contribution in [0.5, 0.6) is 0 Å². The zero-order valence-electron chi connectivity index (χ0n) is 22.7. The number of allylic oxidation sites excluding steroid dienone is 9. The van der Waals surface area contributed by atoms with Crippen molar-refractivity contribution in [1.29, 1.82) is 0 Å². The van der Waals surface area contributed by atoms with Gasteiger partial charge in [0.15, 0.2) is 0 Å². The molecule has 0 unspecified atom stereocenters. The summed E-state index contributed by atoms with van der Waals surface area (Å²) in [7, 11) is 0. The third-order valence-electron chi connectivity index (χ3n) is 8.73. The van der Waals surface area contributed by atoms with Crippen molar-refractivity contribution in [2.24, 2.45) is 0 Å². The maximum atomic E-state index is 4.04. The molecule has 1 aliphatic heterocycles. The van der Waals surface area contributed by atoms with Crippen molar-refractivity contribution in [1.82, 2.24) is 9.47 Å². The van der Waals surface area contributed by atoms with Crippen LogP contribution in [0.15, 0.2) is 127 Å². The molecule has 0 saturated carbocycles. The van der Waals surface area contributed by atoms with E-state index in [1.165, 1.54) is 66.7 Å². The van der Waals surface area contributed by atoms with E-state index in [0.717, 1.165) is 38.6 Å². The molecule has 3 aromatic carbocycles. The van der Waals surface area contributed by atoms with Crippen molar-refractivity contribution >= 4 is 38.6 Å². The third-order valence-corrected chi connectivity index (χ3v) is 8.73. The van der Waals surface area contributed by atoms with Crippen molar-refractivity contribution in [3.8, 4) is 0 Å². The summed E-state index contributed by atoms with van der Waals surface area (Å²) in [5, 5.41) is 2.65. The summed E-state index contributed by atoms with van der Waals surface area (Å²) in [6.45, 7) is 7.35. The number of aromatic nitrogens is 1. The van der Waals surface area contributed by atoms with Gasteiger partial charge in [-0.3, -0.25) is 0 Å². The van der Waals surface area contributed by atoms with Crippen LogP contribution < -0.4 is 0 Å². The quantitative estimate of drug-likeness (QED) is 0.261. The van der Waals surface area contributed by atoms with Crippen LogP contribution in [0.2, 0.25) is 0 Å². The van der Waals surface area contributed by atoms with Gasteiger partial charge in [-0.1, -0.05) is 79.4 Å². The Kier molecular flexibility index (Phi) is 5.97. The molecule has 0 radical (unpaired) electrons. The van der Waals surface area contributed by atoms with Crippen molar-refractivity contribution < 1.29 is 0 Å². The van der Waals surface area contributed by atoms with E-state index in [4.69, 9.17) is 0 Å². The van der Waals surface area contributed by atoms with Crippen molar-refractivity contribution in [2.45, 2.75) is 39.0 Å². The van der Waals surface area contributed by atoms with Crippen LogP contribution in [0.4, 0.5) is 0 Å². The monoisotopic (exact) mass is 506 g/mol. The molecule has 2 heterocycles. The van der Waals surface area contributed by atoms with E-state index in [1.807, 2.05) is 6.08 Å². The molecule has 4 aromatic rings. The van der Waals surface area contributed by atoms with E-state index in [1.54, 1.807) is 0 Å². The molecule has 0 atom stereocenters. The molecule has 3 aliphatic rings. The first kappa shape index (κ1) is 23.8. The van der Waals surface area contributed by atoms with Crippen LogP contribution in [0, 0.1) is 0 Å². The number of para-hydroxylation sites is 2. The van der Waals surface area contributed by atoms with Gasteiger partial charge in [-0.2, -0.15) is 0 Å². The molecular formula is C37H34N2. The Morgan fingerprint density at radius 3 is 1.67 bits per heavy atom. The third kappa shape index (κ3) is 4.12. The lowest BCUT2D eigenvalue weighted by atomic mass is 9.91. The maximum absolute atomic E-state index is 4.04. The number of benzene rings is 3. The van der Waals surface area contributed by atoms with E-state index in [-0.39, 0.29) is 0 Å². The van der Waals surface area contributed by atoms with Gasteiger partial charge in [0.25, 0.3) is 0 Å². The Labute approximate surface area is 231 Å². The normalized spacial score (nSPS) is 17.8. The van der Waals surface area contributed by atoms with Crippen molar-refractivity contribution in [2.75, 3.05) is 6.54 Å². The second-order valence-corrected chi connectivity index (χ2v) is 10.9. The minimum atomic E-state index is 1.03. The molecule has 0 spiro atoms. The number of hydrogen-bond acceptors (Lipinski definition) is 1. The summed E-state index contributed by atoms with van der Waals surface area (Å²) < 4.78 is 2.45. The van der Waals surface area contributed by atoms with Crippen LogP contribution in [0.3, 0.4) is 0 Å². The molecule has 2 aliphatic carbocycles. The van der Waals surface area contributed by atoms with Gasteiger partial charge < -0.3 is 9.47 Å². The molecule has 2 nitrogen and oxygen atoms in total. The van der Waals surface area contributed by atoms with E-state index >= 15 is 0 Å². The standard InChI is InChI=1S/C37H34N2/c1-3-35-26(2)24-25-38(35)31-20-16-29(17-21-31)27-12-14-28(15-13-27)30-18-22-32(23-19-30)39-36-10-6-4-8-33(36)34-9-5-7-11-37(34)39/h3-16,18,20,22H,1,17,19,21,23-25H2,2H3. The molecule has 7 rings (SSSR count). The fraction of sp³-hybridized carbons (Fsp3) is 0.189. The summed E-state index contributed by atoms with van der Waals surface area (Å²) in [5.74, 6) is 0.